The molecule has 3 aromatic rings. The first-order chi connectivity index (χ1) is 13.6. The number of benzene rings is 1. The van der Waals surface area contributed by atoms with E-state index in [1.165, 1.54) is 9.08 Å². The van der Waals surface area contributed by atoms with Crippen molar-refractivity contribution in [1.29, 1.82) is 0 Å². The second-order valence-corrected chi connectivity index (χ2v) is 5.96. The molecule has 148 valence electrons. The number of rotatable bonds is 8. The van der Waals surface area contributed by atoms with Crippen LogP contribution in [-0.4, -0.2) is 40.5 Å². The lowest BCUT2D eigenvalue weighted by Crippen LogP contribution is -2.38. The Morgan fingerprint density at radius 3 is 2.79 bits per heavy atom. The predicted octanol–water partition coefficient (Wildman–Crippen LogP) is 1.40. The zero-order chi connectivity index (χ0) is 19.9. The van der Waals surface area contributed by atoms with Gasteiger partial charge in [-0.2, -0.15) is 0 Å². The highest BCUT2D eigenvalue weighted by Gasteiger charge is 2.08. The number of carbonyl (C=O) groups is 1. The van der Waals surface area contributed by atoms with Crippen molar-refractivity contribution in [2.24, 2.45) is 0 Å². The van der Waals surface area contributed by atoms with Crippen LogP contribution in [0.4, 0.5) is 4.79 Å². The van der Waals surface area contributed by atoms with Crippen molar-refractivity contribution in [3.05, 3.63) is 58.6 Å². The molecule has 0 atom stereocenters. The summed E-state index contributed by atoms with van der Waals surface area (Å²) in [5, 5.41) is 9.70. The molecule has 0 unspecified atom stereocenters. The molecule has 3 rings (SSSR count). The molecule has 0 spiro atoms. The lowest BCUT2D eigenvalue weighted by Gasteiger charge is -2.12. The summed E-state index contributed by atoms with van der Waals surface area (Å²) < 4.78 is 13.6. The van der Waals surface area contributed by atoms with E-state index in [-0.39, 0.29) is 24.8 Å². The topological polar surface area (TPSA) is 98.9 Å². The molecule has 0 radical (unpaired) electrons. The van der Waals surface area contributed by atoms with E-state index in [1.807, 2.05) is 31.2 Å². The van der Waals surface area contributed by atoms with Gasteiger partial charge in [0.2, 0.25) is 0 Å². The van der Waals surface area contributed by atoms with Gasteiger partial charge in [-0.15, -0.1) is 5.10 Å². The SMILES string of the molecule is CCOc1ccc(CNC(=O)NCCn2nc3ccccn3c2=O)cc1OC. The highest BCUT2D eigenvalue weighted by Crippen LogP contribution is 2.27. The van der Waals surface area contributed by atoms with Crippen molar-refractivity contribution in [2.75, 3.05) is 20.3 Å². The van der Waals surface area contributed by atoms with Crippen molar-refractivity contribution < 1.29 is 14.3 Å². The molecule has 0 aliphatic rings. The van der Waals surface area contributed by atoms with Crippen molar-refractivity contribution in [3.8, 4) is 11.5 Å². The van der Waals surface area contributed by atoms with Crippen LogP contribution < -0.4 is 25.8 Å². The van der Waals surface area contributed by atoms with Gasteiger partial charge in [0.15, 0.2) is 17.1 Å². The average Bonchev–Trinajstić information content (AvgIpc) is 3.03. The Hall–Kier alpha value is -3.49. The first-order valence-electron chi connectivity index (χ1n) is 8.98. The van der Waals surface area contributed by atoms with E-state index in [0.29, 0.717) is 30.3 Å². The molecule has 9 nitrogen and oxygen atoms in total. The van der Waals surface area contributed by atoms with Crippen LogP contribution >= 0.6 is 0 Å². The minimum Gasteiger partial charge on any atom is -0.493 e. The van der Waals surface area contributed by atoms with Gasteiger partial charge in [-0.05, 0) is 36.8 Å². The van der Waals surface area contributed by atoms with Gasteiger partial charge in [-0.1, -0.05) is 12.1 Å². The monoisotopic (exact) mass is 385 g/mol. The number of hydrogen-bond acceptors (Lipinski definition) is 5. The van der Waals surface area contributed by atoms with Gasteiger partial charge in [0, 0.05) is 19.3 Å². The summed E-state index contributed by atoms with van der Waals surface area (Å²) in [6.45, 7) is 3.35. The Labute approximate surface area is 161 Å². The van der Waals surface area contributed by atoms with Crippen LogP contribution in [0.1, 0.15) is 12.5 Å². The summed E-state index contributed by atoms with van der Waals surface area (Å²) in [4.78, 5) is 24.2. The van der Waals surface area contributed by atoms with Crippen LogP contribution in [0.3, 0.4) is 0 Å². The minimum absolute atomic E-state index is 0.237. The summed E-state index contributed by atoms with van der Waals surface area (Å²) in [6.07, 6.45) is 1.66. The van der Waals surface area contributed by atoms with E-state index < -0.39 is 0 Å². The van der Waals surface area contributed by atoms with Crippen molar-refractivity contribution in [1.82, 2.24) is 24.8 Å². The van der Waals surface area contributed by atoms with E-state index >= 15 is 0 Å². The average molecular weight is 385 g/mol. The first kappa shape index (κ1) is 19.3. The molecule has 2 N–H and O–H groups in total. The molecule has 0 fully saturated rings. The van der Waals surface area contributed by atoms with Crippen LogP contribution in [0.15, 0.2) is 47.4 Å². The number of pyridine rings is 1. The Kier molecular flexibility index (Phi) is 6.15. The fourth-order valence-electron chi connectivity index (χ4n) is 2.73. The molecule has 2 heterocycles. The van der Waals surface area contributed by atoms with Crippen molar-refractivity contribution in [3.63, 3.8) is 0 Å². The third-order valence-corrected chi connectivity index (χ3v) is 4.08. The standard InChI is InChI=1S/C19H23N5O4/c1-3-28-15-8-7-14(12-16(15)27-2)13-21-18(25)20-9-11-24-19(26)23-10-5-4-6-17(23)22-24/h4-8,10,12H,3,9,11,13H2,1-2H3,(H2,20,21,25). The van der Waals surface area contributed by atoms with Crippen LogP contribution in [0.2, 0.25) is 0 Å². The molecule has 0 aliphatic heterocycles. The minimum atomic E-state index is -0.329. The predicted molar refractivity (Wildman–Crippen MR) is 104 cm³/mol. The lowest BCUT2D eigenvalue weighted by atomic mass is 10.2. The molecule has 28 heavy (non-hydrogen) atoms. The summed E-state index contributed by atoms with van der Waals surface area (Å²) in [5.74, 6) is 1.28. The second-order valence-electron chi connectivity index (χ2n) is 5.96. The number of fused-ring (bicyclic) bond motifs is 1. The van der Waals surface area contributed by atoms with E-state index in [9.17, 15) is 9.59 Å². The molecular formula is C19H23N5O4. The Morgan fingerprint density at radius 2 is 2.04 bits per heavy atom. The smallest absolute Gasteiger partial charge is 0.350 e. The number of aromatic nitrogens is 3. The molecule has 0 saturated heterocycles. The van der Waals surface area contributed by atoms with Gasteiger partial charge in [0.05, 0.1) is 20.3 Å². The molecule has 9 heteroatoms. The van der Waals surface area contributed by atoms with Gasteiger partial charge in [-0.25, -0.2) is 14.3 Å². The molecule has 0 aliphatic carbocycles. The zero-order valence-corrected chi connectivity index (χ0v) is 15.8. The van der Waals surface area contributed by atoms with E-state index in [1.54, 1.807) is 25.4 Å². The fraction of sp³-hybridized carbons (Fsp3) is 0.316. The Balaban J connectivity index is 1.49. The first-order valence-corrected chi connectivity index (χ1v) is 8.98. The number of amides is 2. The number of hydrogen-bond donors (Lipinski definition) is 2. The Morgan fingerprint density at radius 1 is 1.18 bits per heavy atom. The van der Waals surface area contributed by atoms with Gasteiger partial charge < -0.3 is 20.1 Å². The van der Waals surface area contributed by atoms with Crippen LogP contribution in [0, 0.1) is 0 Å². The number of ether oxygens (including phenoxy) is 2. The van der Waals surface area contributed by atoms with Crippen LogP contribution in [0.25, 0.3) is 5.65 Å². The number of nitrogens with one attached hydrogen (secondary N) is 2. The fourth-order valence-corrected chi connectivity index (χ4v) is 2.73. The third-order valence-electron chi connectivity index (χ3n) is 4.08. The molecule has 0 saturated carbocycles. The molecule has 0 bridgehead atoms. The third kappa shape index (κ3) is 4.43. The second kappa shape index (κ2) is 8.94. The summed E-state index contributed by atoms with van der Waals surface area (Å²) in [7, 11) is 1.57. The maximum atomic E-state index is 12.2. The highest BCUT2D eigenvalue weighted by molar-refractivity contribution is 5.73. The normalized spacial score (nSPS) is 10.6. The van der Waals surface area contributed by atoms with Crippen LogP contribution in [0.5, 0.6) is 11.5 Å². The van der Waals surface area contributed by atoms with Crippen molar-refractivity contribution in [2.45, 2.75) is 20.0 Å². The summed E-state index contributed by atoms with van der Waals surface area (Å²) >= 11 is 0. The maximum Gasteiger partial charge on any atom is 0.350 e. The molecule has 2 aromatic heterocycles. The number of methoxy groups -OCH3 is 1. The summed E-state index contributed by atoms with van der Waals surface area (Å²) in [6, 6.07) is 10.5. The van der Waals surface area contributed by atoms with Gasteiger partial charge in [-0.3, -0.25) is 4.40 Å². The molecular weight excluding hydrogens is 362 g/mol. The van der Waals surface area contributed by atoms with Gasteiger partial charge in [0.25, 0.3) is 0 Å². The van der Waals surface area contributed by atoms with E-state index in [2.05, 4.69) is 15.7 Å². The van der Waals surface area contributed by atoms with Crippen LogP contribution in [-0.2, 0) is 13.1 Å². The zero-order valence-electron chi connectivity index (χ0n) is 15.8. The number of nitrogens with zero attached hydrogens (tertiary/aromatic N) is 3. The lowest BCUT2D eigenvalue weighted by molar-refractivity contribution is 0.240. The quantitative estimate of drug-likeness (QED) is 0.611. The number of carbonyl (C=O) groups excluding carboxylic acids is 1. The van der Waals surface area contributed by atoms with E-state index in [0.717, 1.165) is 5.56 Å². The van der Waals surface area contributed by atoms with E-state index in [4.69, 9.17) is 9.47 Å². The van der Waals surface area contributed by atoms with Gasteiger partial charge in [0.1, 0.15) is 0 Å². The van der Waals surface area contributed by atoms with Gasteiger partial charge >= 0.3 is 11.7 Å². The molecule has 1 aromatic carbocycles. The highest BCUT2D eigenvalue weighted by atomic mass is 16.5. The largest absolute Gasteiger partial charge is 0.493 e. The van der Waals surface area contributed by atoms with Crippen molar-refractivity contribution >= 4 is 11.7 Å². The Bertz CT molecular complexity index is 1010. The maximum absolute atomic E-state index is 12.2. The number of urea groups is 1. The molecule has 2 amide bonds. The summed E-state index contributed by atoms with van der Waals surface area (Å²) in [5.41, 5.74) is 1.22.